The number of anilines is 1. The fraction of sp³-hybridized carbons (Fsp3) is 0.458. The summed E-state index contributed by atoms with van der Waals surface area (Å²) in [5.74, 6) is -0.237. The van der Waals surface area contributed by atoms with E-state index in [1.165, 1.54) is 28.9 Å². The lowest BCUT2D eigenvalue weighted by Crippen LogP contribution is -2.45. The van der Waals surface area contributed by atoms with E-state index in [2.05, 4.69) is 35.0 Å². The molecule has 2 aromatic carbocycles. The van der Waals surface area contributed by atoms with Crippen molar-refractivity contribution in [3.05, 3.63) is 64.7 Å². The van der Waals surface area contributed by atoms with Crippen LogP contribution >= 0.6 is 0 Å². The highest BCUT2D eigenvalue weighted by Crippen LogP contribution is 2.33. The number of alkyl halides is 3. The van der Waals surface area contributed by atoms with Crippen LogP contribution < -0.4 is 4.90 Å². The quantitative estimate of drug-likeness (QED) is 0.733. The number of hydrogen-bond acceptors (Lipinski definition) is 3. The maximum absolute atomic E-state index is 13.0. The second-order valence-electron chi connectivity index (χ2n) is 8.59. The summed E-state index contributed by atoms with van der Waals surface area (Å²) in [4.78, 5) is 19.4. The van der Waals surface area contributed by atoms with Crippen molar-refractivity contribution in [1.29, 1.82) is 0 Å². The molecule has 1 aliphatic heterocycles. The van der Waals surface area contributed by atoms with Crippen LogP contribution in [0.25, 0.3) is 0 Å². The number of aryl methyl sites for hydroxylation is 1. The number of carbonyl (C=O) groups excluding carboxylic acids is 1. The smallest absolute Gasteiger partial charge is 0.369 e. The van der Waals surface area contributed by atoms with Crippen LogP contribution in [0.15, 0.2) is 42.5 Å². The fourth-order valence-corrected chi connectivity index (χ4v) is 4.60. The molecule has 0 spiro atoms. The van der Waals surface area contributed by atoms with E-state index in [0.29, 0.717) is 0 Å². The SMILES string of the molecule is CN1CCN(c2cccc3c2CC(N(C)C(=O)c2ccc(C(F)(F)F)cc2)CC3)CC1. The van der Waals surface area contributed by atoms with Gasteiger partial charge in [0.25, 0.3) is 5.91 Å². The number of halogens is 3. The summed E-state index contributed by atoms with van der Waals surface area (Å²) in [6, 6.07) is 11.0. The molecule has 31 heavy (non-hydrogen) atoms. The topological polar surface area (TPSA) is 26.8 Å². The van der Waals surface area contributed by atoms with Gasteiger partial charge in [-0.2, -0.15) is 13.2 Å². The van der Waals surface area contributed by atoms with Crippen molar-refractivity contribution in [2.45, 2.75) is 31.5 Å². The number of fused-ring (bicyclic) bond motifs is 1. The normalized spacial score (nSPS) is 19.8. The number of amides is 1. The van der Waals surface area contributed by atoms with Crippen LogP contribution in [0.4, 0.5) is 18.9 Å². The van der Waals surface area contributed by atoms with Gasteiger partial charge in [0.05, 0.1) is 5.56 Å². The molecule has 166 valence electrons. The van der Waals surface area contributed by atoms with Crippen LogP contribution in [0.2, 0.25) is 0 Å². The molecule has 1 unspecified atom stereocenters. The molecular formula is C24H28F3N3O. The van der Waals surface area contributed by atoms with Crippen LogP contribution in [0.3, 0.4) is 0 Å². The van der Waals surface area contributed by atoms with Crippen LogP contribution in [-0.4, -0.2) is 62.0 Å². The van der Waals surface area contributed by atoms with Crippen molar-refractivity contribution < 1.29 is 18.0 Å². The van der Waals surface area contributed by atoms with Crippen molar-refractivity contribution in [2.24, 2.45) is 0 Å². The van der Waals surface area contributed by atoms with Gasteiger partial charge in [-0.3, -0.25) is 4.79 Å². The number of hydrogen-bond donors (Lipinski definition) is 0. The molecule has 1 aliphatic carbocycles. The van der Waals surface area contributed by atoms with Gasteiger partial charge in [0, 0.05) is 50.5 Å². The van der Waals surface area contributed by atoms with Gasteiger partial charge in [-0.25, -0.2) is 0 Å². The van der Waals surface area contributed by atoms with E-state index in [0.717, 1.165) is 57.6 Å². The number of piperazine rings is 1. The number of carbonyl (C=O) groups is 1. The molecule has 0 bridgehead atoms. The fourth-order valence-electron chi connectivity index (χ4n) is 4.60. The summed E-state index contributed by atoms with van der Waals surface area (Å²) in [6.45, 7) is 4.02. The van der Waals surface area contributed by atoms with Crippen molar-refractivity contribution in [1.82, 2.24) is 9.80 Å². The zero-order chi connectivity index (χ0) is 22.2. The lowest BCUT2D eigenvalue weighted by Gasteiger charge is -2.38. The molecule has 0 radical (unpaired) electrons. The van der Waals surface area contributed by atoms with Crippen LogP contribution in [0.1, 0.15) is 33.5 Å². The Bertz CT molecular complexity index is 934. The van der Waals surface area contributed by atoms with E-state index in [1.54, 1.807) is 11.9 Å². The molecule has 0 N–H and O–H groups in total. The van der Waals surface area contributed by atoms with Gasteiger partial charge in [0.2, 0.25) is 0 Å². The van der Waals surface area contributed by atoms with E-state index in [1.807, 2.05) is 0 Å². The Hall–Kier alpha value is -2.54. The predicted octanol–water partition coefficient (Wildman–Crippen LogP) is 4.09. The highest BCUT2D eigenvalue weighted by atomic mass is 19.4. The van der Waals surface area contributed by atoms with Crippen molar-refractivity contribution >= 4 is 11.6 Å². The van der Waals surface area contributed by atoms with E-state index < -0.39 is 11.7 Å². The Balaban J connectivity index is 1.51. The average Bonchev–Trinajstić information content (AvgIpc) is 2.77. The summed E-state index contributed by atoms with van der Waals surface area (Å²) in [6.07, 6.45) is -1.89. The van der Waals surface area contributed by atoms with Gasteiger partial charge < -0.3 is 14.7 Å². The van der Waals surface area contributed by atoms with Gasteiger partial charge >= 0.3 is 6.18 Å². The van der Waals surface area contributed by atoms with E-state index in [-0.39, 0.29) is 17.5 Å². The zero-order valence-electron chi connectivity index (χ0n) is 18.0. The number of likely N-dealkylation sites (N-methyl/N-ethyl adjacent to an activating group) is 2. The number of benzene rings is 2. The third-order valence-electron chi connectivity index (χ3n) is 6.61. The van der Waals surface area contributed by atoms with Crippen LogP contribution in [0.5, 0.6) is 0 Å². The third-order valence-corrected chi connectivity index (χ3v) is 6.61. The first kappa shape index (κ1) is 21.7. The molecule has 7 heteroatoms. The molecule has 1 heterocycles. The summed E-state index contributed by atoms with van der Waals surface area (Å²) in [7, 11) is 3.89. The second-order valence-corrected chi connectivity index (χ2v) is 8.59. The molecule has 2 aliphatic rings. The number of rotatable bonds is 3. The maximum atomic E-state index is 13.0. The molecule has 4 rings (SSSR count). The minimum Gasteiger partial charge on any atom is -0.369 e. The molecule has 1 saturated heterocycles. The molecular weight excluding hydrogens is 403 g/mol. The summed E-state index contributed by atoms with van der Waals surface area (Å²) in [5.41, 5.74) is 3.44. The Labute approximate surface area is 181 Å². The highest BCUT2D eigenvalue weighted by Gasteiger charge is 2.32. The Kier molecular flexibility index (Phi) is 5.97. The van der Waals surface area contributed by atoms with E-state index in [9.17, 15) is 18.0 Å². The molecule has 2 aromatic rings. The molecule has 1 atom stereocenters. The molecule has 0 aromatic heterocycles. The van der Waals surface area contributed by atoms with Gasteiger partial charge in [0.15, 0.2) is 0 Å². The Morgan fingerprint density at radius 2 is 1.71 bits per heavy atom. The van der Waals surface area contributed by atoms with Crippen LogP contribution in [0, 0.1) is 0 Å². The molecule has 1 amide bonds. The predicted molar refractivity (Wildman–Crippen MR) is 116 cm³/mol. The van der Waals surface area contributed by atoms with Gasteiger partial charge in [0.1, 0.15) is 0 Å². The first-order chi connectivity index (χ1) is 14.7. The maximum Gasteiger partial charge on any atom is 0.416 e. The standard InChI is InChI=1S/C24H28F3N3O/c1-28-12-14-30(15-13-28)22-5-3-4-17-8-11-20(16-21(17)22)29(2)23(31)18-6-9-19(10-7-18)24(25,26)27/h3-7,9-10,20H,8,11-16H2,1-2H3. The average molecular weight is 432 g/mol. The lowest BCUT2D eigenvalue weighted by molar-refractivity contribution is -0.137. The van der Waals surface area contributed by atoms with Gasteiger partial charge in [-0.1, -0.05) is 12.1 Å². The first-order valence-corrected chi connectivity index (χ1v) is 10.7. The van der Waals surface area contributed by atoms with Gasteiger partial charge in [-0.15, -0.1) is 0 Å². The minimum atomic E-state index is -4.40. The summed E-state index contributed by atoms with van der Waals surface area (Å²) < 4.78 is 38.5. The zero-order valence-corrected chi connectivity index (χ0v) is 18.0. The van der Waals surface area contributed by atoms with Crippen molar-refractivity contribution in [3.8, 4) is 0 Å². The monoisotopic (exact) mass is 431 g/mol. The number of nitrogens with zero attached hydrogens (tertiary/aromatic N) is 3. The van der Waals surface area contributed by atoms with Crippen molar-refractivity contribution in [3.63, 3.8) is 0 Å². The second kappa shape index (κ2) is 8.54. The summed E-state index contributed by atoms with van der Waals surface area (Å²) in [5, 5.41) is 0. The minimum absolute atomic E-state index is 0.0240. The highest BCUT2D eigenvalue weighted by molar-refractivity contribution is 5.94. The molecule has 4 nitrogen and oxygen atoms in total. The largest absolute Gasteiger partial charge is 0.416 e. The first-order valence-electron chi connectivity index (χ1n) is 10.7. The van der Waals surface area contributed by atoms with E-state index >= 15 is 0 Å². The van der Waals surface area contributed by atoms with Gasteiger partial charge in [-0.05, 0) is 67.8 Å². The molecule has 0 saturated carbocycles. The third kappa shape index (κ3) is 4.56. The molecule has 1 fully saturated rings. The Morgan fingerprint density at radius 3 is 2.35 bits per heavy atom. The summed E-state index contributed by atoms with van der Waals surface area (Å²) >= 11 is 0. The van der Waals surface area contributed by atoms with E-state index in [4.69, 9.17) is 0 Å². The lowest BCUT2D eigenvalue weighted by atomic mass is 9.86. The van der Waals surface area contributed by atoms with Crippen LogP contribution in [-0.2, 0) is 19.0 Å². The van der Waals surface area contributed by atoms with Crippen molar-refractivity contribution in [2.75, 3.05) is 45.2 Å². The Morgan fingerprint density at radius 1 is 1.03 bits per heavy atom.